The van der Waals surface area contributed by atoms with E-state index in [-0.39, 0.29) is 5.92 Å². The van der Waals surface area contributed by atoms with E-state index in [1.165, 1.54) is 0 Å². The maximum atomic E-state index is 10.8. The lowest BCUT2D eigenvalue weighted by molar-refractivity contribution is -0.150. The van der Waals surface area contributed by atoms with Gasteiger partial charge < -0.3 is 10.2 Å². The molecule has 0 amide bonds. The van der Waals surface area contributed by atoms with Crippen LogP contribution in [0.3, 0.4) is 0 Å². The molecule has 0 aliphatic rings. The Labute approximate surface area is 83.9 Å². The third-order valence-corrected chi connectivity index (χ3v) is 2.65. The minimum Gasteiger partial charge on any atom is -0.481 e. The van der Waals surface area contributed by atoms with Gasteiger partial charge in [-0.15, -0.1) is 0 Å². The number of hydrogen-bond donors (Lipinski definition) is 2. The van der Waals surface area contributed by atoms with E-state index >= 15 is 0 Å². The quantitative estimate of drug-likeness (QED) is 0.713. The van der Waals surface area contributed by atoms with E-state index in [1.807, 2.05) is 0 Å². The molecule has 4 nitrogen and oxygen atoms in total. The first kappa shape index (κ1) is 12.9. The van der Waals surface area contributed by atoms with Crippen molar-refractivity contribution in [1.82, 2.24) is 0 Å². The molecule has 2 atom stereocenters. The van der Waals surface area contributed by atoms with E-state index < -0.39 is 23.3 Å². The third kappa shape index (κ3) is 3.36. The Bertz CT molecular complexity index is 232. The minimum absolute atomic E-state index is 0.140. The van der Waals surface area contributed by atoms with Crippen LogP contribution in [-0.2, 0) is 9.59 Å². The highest BCUT2D eigenvalue weighted by atomic mass is 16.4. The predicted octanol–water partition coefficient (Wildman–Crippen LogP) is 1.84. The van der Waals surface area contributed by atoms with Gasteiger partial charge >= 0.3 is 11.9 Å². The number of carbonyl (C=O) groups is 2. The van der Waals surface area contributed by atoms with E-state index in [2.05, 4.69) is 0 Å². The zero-order valence-electron chi connectivity index (χ0n) is 9.07. The van der Waals surface area contributed by atoms with Gasteiger partial charge in [-0.3, -0.25) is 9.59 Å². The monoisotopic (exact) mass is 202 g/mol. The molecular weight excluding hydrogens is 184 g/mol. The maximum Gasteiger partial charge on any atom is 0.309 e. The summed E-state index contributed by atoms with van der Waals surface area (Å²) >= 11 is 0. The molecule has 0 bridgehead atoms. The maximum absolute atomic E-state index is 10.8. The van der Waals surface area contributed by atoms with Crippen molar-refractivity contribution in [3.8, 4) is 0 Å². The molecule has 0 aliphatic carbocycles. The second-order valence-corrected chi connectivity index (χ2v) is 4.50. The largest absolute Gasteiger partial charge is 0.481 e. The van der Waals surface area contributed by atoms with Crippen molar-refractivity contribution in [1.29, 1.82) is 0 Å². The molecular formula is C10H18O4. The van der Waals surface area contributed by atoms with E-state index in [4.69, 9.17) is 10.2 Å². The Morgan fingerprint density at radius 1 is 1.21 bits per heavy atom. The molecule has 0 radical (unpaired) electrons. The highest BCUT2D eigenvalue weighted by Gasteiger charge is 2.32. The van der Waals surface area contributed by atoms with Crippen LogP contribution < -0.4 is 0 Å². The Morgan fingerprint density at radius 2 is 1.64 bits per heavy atom. The van der Waals surface area contributed by atoms with Gasteiger partial charge in [0, 0.05) is 0 Å². The van der Waals surface area contributed by atoms with Crippen molar-refractivity contribution >= 4 is 11.9 Å². The standard InChI is InChI=1S/C10H18O4/c1-6(7(2)8(11)12)5-10(3,4)9(13)14/h6-7H,5H2,1-4H3,(H,11,12)(H,13,14). The summed E-state index contributed by atoms with van der Waals surface area (Å²) in [7, 11) is 0. The average Bonchev–Trinajstić information content (AvgIpc) is 2.01. The van der Waals surface area contributed by atoms with E-state index in [9.17, 15) is 9.59 Å². The first-order chi connectivity index (χ1) is 6.18. The van der Waals surface area contributed by atoms with E-state index in [0.29, 0.717) is 6.42 Å². The van der Waals surface area contributed by atoms with Gasteiger partial charge in [0.1, 0.15) is 0 Å². The smallest absolute Gasteiger partial charge is 0.309 e. The van der Waals surface area contributed by atoms with Gasteiger partial charge in [0.15, 0.2) is 0 Å². The normalized spacial score (nSPS) is 16.0. The Kier molecular flexibility index (Phi) is 4.10. The van der Waals surface area contributed by atoms with Crippen molar-refractivity contribution in [3.63, 3.8) is 0 Å². The summed E-state index contributed by atoms with van der Waals surface area (Å²) in [6.07, 6.45) is 0.371. The van der Waals surface area contributed by atoms with Crippen LogP contribution in [0.1, 0.15) is 34.1 Å². The van der Waals surface area contributed by atoms with Crippen molar-refractivity contribution in [3.05, 3.63) is 0 Å². The van der Waals surface area contributed by atoms with Crippen LogP contribution in [0.4, 0.5) is 0 Å². The molecule has 0 spiro atoms. The fourth-order valence-electron chi connectivity index (χ4n) is 1.31. The molecule has 4 heteroatoms. The topological polar surface area (TPSA) is 74.6 Å². The van der Waals surface area contributed by atoms with Crippen molar-refractivity contribution in [2.45, 2.75) is 34.1 Å². The summed E-state index contributed by atoms with van der Waals surface area (Å²) in [5.41, 5.74) is -0.858. The van der Waals surface area contributed by atoms with Gasteiger partial charge in [-0.2, -0.15) is 0 Å². The molecule has 0 saturated heterocycles. The van der Waals surface area contributed by atoms with Crippen molar-refractivity contribution < 1.29 is 19.8 Å². The summed E-state index contributed by atoms with van der Waals surface area (Å²) in [6.45, 7) is 6.59. The summed E-state index contributed by atoms with van der Waals surface area (Å²) in [5.74, 6) is -2.41. The van der Waals surface area contributed by atoms with Crippen LogP contribution in [-0.4, -0.2) is 22.2 Å². The van der Waals surface area contributed by atoms with Gasteiger partial charge in [0.25, 0.3) is 0 Å². The van der Waals surface area contributed by atoms with E-state index in [1.54, 1.807) is 27.7 Å². The molecule has 2 N–H and O–H groups in total. The molecule has 0 saturated carbocycles. The van der Waals surface area contributed by atoms with Crippen molar-refractivity contribution in [2.24, 2.45) is 17.3 Å². The molecule has 0 heterocycles. The Morgan fingerprint density at radius 3 is 1.93 bits per heavy atom. The van der Waals surface area contributed by atoms with Gasteiger partial charge in [0.2, 0.25) is 0 Å². The molecule has 0 aromatic rings. The number of hydrogen-bond acceptors (Lipinski definition) is 2. The molecule has 14 heavy (non-hydrogen) atoms. The summed E-state index contributed by atoms with van der Waals surface area (Å²) < 4.78 is 0. The van der Waals surface area contributed by atoms with E-state index in [0.717, 1.165) is 0 Å². The van der Waals surface area contributed by atoms with Crippen LogP contribution in [0, 0.1) is 17.3 Å². The lowest BCUT2D eigenvalue weighted by Crippen LogP contribution is -2.30. The zero-order valence-corrected chi connectivity index (χ0v) is 9.07. The molecule has 0 aromatic heterocycles. The Hall–Kier alpha value is -1.06. The zero-order chi connectivity index (χ0) is 11.5. The number of carboxylic acids is 2. The van der Waals surface area contributed by atoms with Crippen LogP contribution in [0.25, 0.3) is 0 Å². The fourth-order valence-corrected chi connectivity index (χ4v) is 1.31. The number of aliphatic carboxylic acids is 2. The molecule has 82 valence electrons. The highest BCUT2D eigenvalue weighted by Crippen LogP contribution is 2.29. The highest BCUT2D eigenvalue weighted by molar-refractivity contribution is 5.74. The average molecular weight is 202 g/mol. The number of carboxylic acid groups (broad SMARTS) is 2. The first-order valence-corrected chi connectivity index (χ1v) is 4.64. The molecule has 0 fully saturated rings. The first-order valence-electron chi connectivity index (χ1n) is 4.64. The second kappa shape index (κ2) is 4.44. The Balaban J connectivity index is 4.39. The van der Waals surface area contributed by atoms with Crippen molar-refractivity contribution in [2.75, 3.05) is 0 Å². The van der Waals surface area contributed by atoms with Crippen LogP contribution >= 0.6 is 0 Å². The SMILES string of the molecule is CC(CC(C)(C)C(=O)O)C(C)C(=O)O. The lowest BCUT2D eigenvalue weighted by Gasteiger charge is -2.25. The van der Waals surface area contributed by atoms with Gasteiger partial charge in [-0.25, -0.2) is 0 Å². The molecule has 0 aromatic carbocycles. The third-order valence-electron chi connectivity index (χ3n) is 2.65. The van der Waals surface area contributed by atoms with Gasteiger partial charge in [0.05, 0.1) is 11.3 Å². The number of rotatable bonds is 5. The van der Waals surface area contributed by atoms with Crippen LogP contribution in [0.5, 0.6) is 0 Å². The van der Waals surface area contributed by atoms with Crippen LogP contribution in [0.15, 0.2) is 0 Å². The predicted molar refractivity (Wildman–Crippen MR) is 52.0 cm³/mol. The fraction of sp³-hybridized carbons (Fsp3) is 0.800. The summed E-state index contributed by atoms with van der Waals surface area (Å²) in [5, 5.41) is 17.6. The summed E-state index contributed by atoms with van der Waals surface area (Å²) in [4.78, 5) is 21.5. The minimum atomic E-state index is -0.887. The molecule has 0 rings (SSSR count). The van der Waals surface area contributed by atoms with Gasteiger partial charge in [-0.05, 0) is 26.2 Å². The molecule has 0 aliphatic heterocycles. The van der Waals surface area contributed by atoms with Crippen LogP contribution in [0.2, 0.25) is 0 Å². The second-order valence-electron chi connectivity index (χ2n) is 4.50. The van der Waals surface area contributed by atoms with Gasteiger partial charge in [-0.1, -0.05) is 13.8 Å². The summed E-state index contributed by atoms with van der Waals surface area (Å²) in [6, 6.07) is 0. The lowest BCUT2D eigenvalue weighted by atomic mass is 9.79. The molecule has 2 unspecified atom stereocenters.